The van der Waals surface area contributed by atoms with Crippen molar-refractivity contribution < 1.29 is 0 Å². The third-order valence-electron chi connectivity index (χ3n) is 2.40. The smallest absolute Gasteiger partial charge is 0.0450 e. The number of fused-ring (bicyclic) bond motifs is 1. The molecule has 0 saturated carbocycles. The maximum atomic E-state index is 5.93. The van der Waals surface area contributed by atoms with Crippen molar-refractivity contribution in [2.75, 3.05) is 7.05 Å². The molecule has 0 saturated heterocycles. The Morgan fingerprint density at radius 3 is 2.92 bits per heavy atom. The predicted octanol–water partition coefficient (Wildman–Crippen LogP) is 3.09. The highest BCUT2D eigenvalue weighted by atomic mass is 35.5. The van der Waals surface area contributed by atoms with Crippen molar-refractivity contribution in [3.8, 4) is 0 Å². The van der Waals surface area contributed by atoms with Crippen molar-refractivity contribution in [1.82, 2.24) is 5.32 Å². The molecule has 1 aromatic carbocycles. The maximum Gasteiger partial charge on any atom is 0.0450 e. The van der Waals surface area contributed by atoms with Crippen molar-refractivity contribution in [3.63, 3.8) is 0 Å². The van der Waals surface area contributed by atoms with Gasteiger partial charge in [0.15, 0.2) is 0 Å². The van der Waals surface area contributed by atoms with Crippen molar-refractivity contribution in [1.29, 1.82) is 0 Å². The predicted molar refractivity (Wildman–Crippen MR) is 58.6 cm³/mol. The number of rotatable bonds is 1. The second kappa shape index (κ2) is 3.52. The van der Waals surface area contributed by atoms with E-state index in [-0.39, 0.29) is 0 Å². The van der Waals surface area contributed by atoms with Gasteiger partial charge in [0.1, 0.15) is 0 Å². The third kappa shape index (κ3) is 1.58. The van der Waals surface area contributed by atoms with Gasteiger partial charge >= 0.3 is 0 Å². The minimum atomic E-state index is 0.470. The molecule has 13 heavy (non-hydrogen) atoms. The summed E-state index contributed by atoms with van der Waals surface area (Å²) >= 11 is 7.82. The van der Waals surface area contributed by atoms with Crippen molar-refractivity contribution in [3.05, 3.63) is 28.8 Å². The zero-order chi connectivity index (χ0) is 9.42. The molecular weight excluding hydrogens is 202 g/mol. The third-order valence-corrected chi connectivity index (χ3v) is 3.89. The summed E-state index contributed by atoms with van der Waals surface area (Å²) in [6.45, 7) is 2.24. The molecule has 1 heterocycles. The van der Waals surface area contributed by atoms with Gasteiger partial charge in [0, 0.05) is 21.2 Å². The number of hydrogen-bond donors (Lipinski definition) is 1. The van der Waals surface area contributed by atoms with Gasteiger partial charge in [-0.1, -0.05) is 24.6 Å². The van der Waals surface area contributed by atoms with Crippen LogP contribution in [0.3, 0.4) is 0 Å². The van der Waals surface area contributed by atoms with Crippen LogP contribution in [-0.4, -0.2) is 12.3 Å². The number of halogens is 1. The molecule has 0 radical (unpaired) electrons. The van der Waals surface area contributed by atoms with Crippen LogP contribution in [0.1, 0.15) is 18.5 Å². The Morgan fingerprint density at radius 2 is 2.23 bits per heavy atom. The van der Waals surface area contributed by atoms with E-state index in [0.29, 0.717) is 11.3 Å². The van der Waals surface area contributed by atoms with Crippen LogP contribution in [0.4, 0.5) is 0 Å². The standard InChI is InChI=1S/C10H12ClNS/c1-6-10(12-2)8-4-3-7(11)5-9(8)13-6/h3-6,10,12H,1-2H3. The Labute approximate surface area is 87.9 Å². The highest BCUT2D eigenvalue weighted by Crippen LogP contribution is 2.44. The van der Waals surface area contributed by atoms with E-state index < -0.39 is 0 Å². The molecule has 2 unspecified atom stereocenters. The van der Waals surface area contributed by atoms with E-state index in [9.17, 15) is 0 Å². The van der Waals surface area contributed by atoms with E-state index in [1.807, 2.05) is 24.9 Å². The SMILES string of the molecule is CNC1c2ccc(Cl)cc2SC1C. The fraction of sp³-hybridized carbons (Fsp3) is 0.400. The van der Waals surface area contributed by atoms with Gasteiger partial charge in [0.05, 0.1) is 0 Å². The highest BCUT2D eigenvalue weighted by Gasteiger charge is 2.28. The summed E-state index contributed by atoms with van der Waals surface area (Å²) in [7, 11) is 2.01. The van der Waals surface area contributed by atoms with E-state index in [1.54, 1.807) is 0 Å². The minimum Gasteiger partial charge on any atom is -0.312 e. The second-order valence-electron chi connectivity index (χ2n) is 3.27. The van der Waals surface area contributed by atoms with E-state index in [0.717, 1.165) is 5.02 Å². The Kier molecular flexibility index (Phi) is 2.54. The molecular formula is C10H12ClNS. The van der Waals surface area contributed by atoms with Crippen LogP contribution in [0.2, 0.25) is 5.02 Å². The van der Waals surface area contributed by atoms with Crippen molar-refractivity contribution >= 4 is 23.4 Å². The van der Waals surface area contributed by atoms with Crippen LogP contribution < -0.4 is 5.32 Å². The first-order chi connectivity index (χ1) is 6.22. The molecule has 3 heteroatoms. The first kappa shape index (κ1) is 9.38. The van der Waals surface area contributed by atoms with Crippen LogP contribution in [-0.2, 0) is 0 Å². The van der Waals surface area contributed by atoms with Gasteiger partial charge in [-0.2, -0.15) is 0 Å². The average Bonchev–Trinajstić information content (AvgIpc) is 2.39. The second-order valence-corrected chi connectivity index (χ2v) is 5.13. The Bertz CT molecular complexity index is 327. The quantitative estimate of drug-likeness (QED) is 0.770. The molecule has 2 rings (SSSR count). The molecule has 0 fully saturated rings. The topological polar surface area (TPSA) is 12.0 Å². The van der Waals surface area contributed by atoms with Gasteiger partial charge in [-0.05, 0) is 24.7 Å². The molecule has 0 aromatic heterocycles. The Hall–Kier alpha value is -0.180. The molecule has 0 spiro atoms. The van der Waals surface area contributed by atoms with Gasteiger partial charge in [-0.25, -0.2) is 0 Å². The fourth-order valence-corrected chi connectivity index (χ4v) is 3.36. The molecule has 1 aliphatic rings. The Balaban J connectivity index is 2.42. The van der Waals surface area contributed by atoms with Gasteiger partial charge in [0.25, 0.3) is 0 Å². The molecule has 0 bridgehead atoms. The summed E-state index contributed by atoms with van der Waals surface area (Å²) < 4.78 is 0. The van der Waals surface area contributed by atoms with Gasteiger partial charge in [-0.3, -0.25) is 0 Å². The first-order valence-electron chi connectivity index (χ1n) is 4.35. The monoisotopic (exact) mass is 213 g/mol. The summed E-state index contributed by atoms with van der Waals surface area (Å²) in [5.74, 6) is 0. The van der Waals surface area contributed by atoms with Gasteiger partial charge in [-0.15, -0.1) is 11.8 Å². The number of benzene rings is 1. The molecule has 1 nitrogen and oxygen atoms in total. The van der Waals surface area contributed by atoms with E-state index in [4.69, 9.17) is 11.6 Å². The fourth-order valence-electron chi connectivity index (χ4n) is 1.78. The Morgan fingerprint density at radius 1 is 1.46 bits per heavy atom. The molecule has 1 aliphatic heterocycles. The minimum absolute atomic E-state index is 0.470. The molecule has 0 aliphatic carbocycles. The van der Waals surface area contributed by atoms with Crippen LogP contribution in [0.25, 0.3) is 0 Å². The number of hydrogen-bond acceptors (Lipinski definition) is 2. The summed E-state index contributed by atoms with van der Waals surface area (Å²) in [5.41, 5.74) is 1.38. The highest BCUT2D eigenvalue weighted by molar-refractivity contribution is 8.00. The van der Waals surface area contributed by atoms with Crippen molar-refractivity contribution in [2.45, 2.75) is 23.1 Å². The molecule has 1 N–H and O–H groups in total. The van der Waals surface area contributed by atoms with Crippen LogP contribution in [0.15, 0.2) is 23.1 Å². The van der Waals surface area contributed by atoms with E-state index in [2.05, 4.69) is 24.4 Å². The lowest BCUT2D eigenvalue weighted by atomic mass is 10.1. The van der Waals surface area contributed by atoms with Crippen LogP contribution in [0, 0.1) is 0 Å². The van der Waals surface area contributed by atoms with Crippen molar-refractivity contribution in [2.24, 2.45) is 0 Å². The largest absolute Gasteiger partial charge is 0.312 e. The molecule has 2 atom stereocenters. The molecule has 70 valence electrons. The lowest BCUT2D eigenvalue weighted by Gasteiger charge is -2.13. The van der Waals surface area contributed by atoms with E-state index in [1.165, 1.54) is 10.5 Å². The molecule has 0 amide bonds. The average molecular weight is 214 g/mol. The summed E-state index contributed by atoms with van der Waals surface area (Å²) in [6.07, 6.45) is 0. The van der Waals surface area contributed by atoms with E-state index >= 15 is 0 Å². The lowest BCUT2D eigenvalue weighted by Crippen LogP contribution is -2.21. The zero-order valence-electron chi connectivity index (χ0n) is 7.67. The van der Waals surface area contributed by atoms with Crippen LogP contribution >= 0.6 is 23.4 Å². The molecule has 1 aromatic rings. The maximum absolute atomic E-state index is 5.93. The number of thioether (sulfide) groups is 1. The summed E-state index contributed by atoms with van der Waals surface area (Å²) in [5, 5.41) is 4.75. The normalized spacial score (nSPS) is 26.1. The van der Waals surface area contributed by atoms with Gasteiger partial charge in [0.2, 0.25) is 0 Å². The van der Waals surface area contributed by atoms with Crippen LogP contribution in [0.5, 0.6) is 0 Å². The first-order valence-corrected chi connectivity index (χ1v) is 5.61. The summed E-state index contributed by atoms with van der Waals surface area (Å²) in [6, 6.07) is 6.60. The zero-order valence-corrected chi connectivity index (χ0v) is 9.25. The lowest BCUT2D eigenvalue weighted by molar-refractivity contribution is 0.595. The summed E-state index contributed by atoms with van der Waals surface area (Å²) in [4.78, 5) is 1.32. The number of nitrogens with one attached hydrogen (secondary N) is 1. The van der Waals surface area contributed by atoms with Gasteiger partial charge < -0.3 is 5.32 Å².